The van der Waals surface area contributed by atoms with Crippen LogP contribution in [0, 0.1) is 11.8 Å². The Labute approximate surface area is 202 Å². The van der Waals surface area contributed by atoms with E-state index in [4.69, 9.17) is 26.8 Å². The lowest BCUT2D eigenvalue weighted by Crippen LogP contribution is -2.03. The molecule has 0 atom stereocenters. The average Bonchev–Trinajstić information content (AvgIpc) is 2.85. The lowest BCUT2D eigenvalue weighted by Gasteiger charge is -2.07. The molecule has 0 aliphatic carbocycles. The lowest BCUT2D eigenvalue weighted by molar-refractivity contribution is 0.261. The highest BCUT2D eigenvalue weighted by Gasteiger charge is 2.07. The number of fused-ring (bicyclic) bond motifs is 1. The number of unbranched alkanes of at least 4 members (excludes halogenated alkanes) is 1. The van der Waals surface area contributed by atoms with Crippen LogP contribution >= 0.6 is 11.6 Å². The fourth-order valence-electron chi connectivity index (χ4n) is 3.19. The molecule has 0 bridgehead atoms. The van der Waals surface area contributed by atoms with Crippen LogP contribution in [-0.4, -0.2) is 40.2 Å². The van der Waals surface area contributed by atoms with Crippen molar-refractivity contribution in [2.75, 3.05) is 31.3 Å². The Balaban J connectivity index is 1.34. The third-order valence-electron chi connectivity index (χ3n) is 4.83. The molecule has 3 N–H and O–H groups in total. The van der Waals surface area contributed by atoms with Gasteiger partial charge < -0.3 is 20.5 Å². The SMILES string of the molecule is CNc1ncc(C#Cc2cc(OCCCCOc3cccc(Cl)n3)ccn2)c2cc(N)ncc12. The van der Waals surface area contributed by atoms with Gasteiger partial charge in [-0.15, -0.1) is 0 Å². The van der Waals surface area contributed by atoms with Gasteiger partial charge in [-0.05, 0) is 37.0 Å². The molecule has 172 valence electrons. The second-order valence-corrected chi connectivity index (χ2v) is 7.64. The molecule has 0 aliphatic rings. The number of halogens is 1. The smallest absolute Gasteiger partial charge is 0.214 e. The summed E-state index contributed by atoms with van der Waals surface area (Å²) in [6, 6.07) is 10.7. The summed E-state index contributed by atoms with van der Waals surface area (Å²) in [7, 11) is 1.81. The van der Waals surface area contributed by atoms with Crippen LogP contribution in [0.4, 0.5) is 11.6 Å². The molecule has 0 saturated carbocycles. The molecule has 4 heterocycles. The monoisotopic (exact) mass is 474 g/mol. The van der Waals surface area contributed by atoms with Crippen molar-refractivity contribution < 1.29 is 9.47 Å². The minimum atomic E-state index is 0.415. The molecule has 0 aliphatic heterocycles. The van der Waals surface area contributed by atoms with Crippen molar-refractivity contribution in [3.05, 3.63) is 71.4 Å². The molecule has 4 aromatic rings. The van der Waals surface area contributed by atoms with Crippen LogP contribution in [0.15, 0.2) is 55.0 Å². The van der Waals surface area contributed by atoms with Crippen molar-refractivity contribution in [2.24, 2.45) is 0 Å². The molecule has 0 fully saturated rings. The highest BCUT2D eigenvalue weighted by molar-refractivity contribution is 6.29. The number of rotatable bonds is 8. The normalized spacial score (nSPS) is 10.4. The van der Waals surface area contributed by atoms with E-state index in [1.807, 2.05) is 19.2 Å². The summed E-state index contributed by atoms with van der Waals surface area (Å²) in [5.74, 6) is 8.59. The molecule has 0 amide bonds. The first kappa shape index (κ1) is 23.1. The van der Waals surface area contributed by atoms with E-state index in [1.165, 1.54) is 0 Å². The maximum Gasteiger partial charge on any atom is 0.214 e. The second kappa shape index (κ2) is 11.2. The van der Waals surface area contributed by atoms with E-state index in [1.54, 1.807) is 42.9 Å². The highest BCUT2D eigenvalue weighted by atomic mass is 35.5. The second-order valence-electron chi connectivity index (χ2n) is 7.25. The maximum absolute atomic E-state index is 5.88. The predicted octanol–water partition coefficient (Wildman–Crippen LogP) is 4.33. The summed E-state index contributed by atoms with van der Waals surface area (Å²) in [5.41, 5.74) is 7.22. The molecule has 0 unspecified atom stereocenters. The topological polar surface area (TPSA) is 108 Å². The third-order valence-corrected chi connectivity index (χ3v) is 5.04. The van der Waals surface area contributed by atoms with Gasteiger partial charge in [0.1, 0.15) is 28.2 Å². The van der Waals surface area contributed by atoms with Crippen molar-refractivity contribution >= 4 is 34.0 Å². The molecule has 34 heavy (non-hydrogen) atoms. The number of aromatic nitrogens is 4. The molecule has 0 radical (unpaired) electrons. The number of hydrogen-bond acceptors (Lipinski definition) is 8. The summed E-state index contributed by atoms with van der Waals surface area (Å²) in [4.78, 5) is 17.0. The average molecular weight is 475 g/mol. The fourth-order valence-corrected chi connectivity index (χ4v) is 3.35. The predicted molar refractivity (Wildman–Crippen MR) is 133 cm³/mol. The first-order valence-corrected chi connectivity index (χ1v) is 11.1. The summed E-state index contributed by atoms with van der Waals surface area (Å²) in [6.45, 7) is 1.09. The first-order chi connectivity index (χ1) is 16.6. The van der Waals surface area contributed by atoms with Crippen molar-refractivity contribution in [3.8, 4) is 23.5 Å². The van der Waals surface area contributed by atoms with Crippen molar-refractivity contribution in [2.45, 2.75) is 12.8 Å². The van der Waals surface area contributed by atoms with Crippen LogP contribution in [0.3, 0.4) is 0 Å². The molecular weight excluding hydrogens is 452 g/mol. The van der Waals surface area contributed by atoms with Gasteiger partial charge in [-0.1, -0.05) is 23.6 Å². The summed E-state index contributed by atoms with van der Waals surface area (Å²) in [6.07, 6.45) is 6.73. The Bertz CT molecular complexity index is 1350. The molecule has 0 aromatic carbocycles. The van der Waals surface area contributed by atoms with E-state index < -0.39 is 0 Å². The lowest BCUT2D eigenvalue weighted by atomic mass is 10.1. The molecular formula is C25H23ClN6O2. The zero-order valence-corrected chi connectivity index (χ0v) is 19.3. The van der Waals surface area contributed by atoms with Crippen LogP contribution in [-0.2, 0) is 0 Å². The Hall–Kier alpha value is -4.09. The van der Waals surface area contributed by atoms with Gasteiger partial charge in [-0.3, -0.25) is 0 Å². The minimum absolute atomic E-state index is 0.415. The largest absolute Gasteiger partial charge is 0.493 e. The highest BCUT2D eigenvalue weighted by Crippen LogP contribution is 2.24. The fraction of sp³-hybridized carbons (Fsp3) is 0.200. The van der Waals surface area contributed by atoms with E-state index in [0.717, 1.165) is 35.0 Å². The summed E-state index contributed by atoms with van der Waals surface area (Å²) >= 11 is 5.85. The van der Waals surface area contributed by atoms with Crippen molar-refractivity contribution in [1.29, 1.82) is 0 Å². The van der Waals surface area contributed by atoms with Gasteiger partial charge in [0.15, 0.2) is 0 Å². The van der Waals surface area contributed by atoms with Gasteiger partial charge in [0.05, 0.1) is 18.8 Å². The van der Waals surface area contributed by atoms with Crippen LogP contribution in [0.2, 0.25) is 5.15 Å². The van der Waals surface area contributed by atoms with E-state index in [-0.39, 0.29) is 0 Å². The number of hydrogen-bond donors (Lipinski definition) is 2. The van der Waals surface area contributed by atoms with E-state index in [0.29, 0.717) is 41.5 Å². The van der Waals surface area contributed by atoms with Crippen LogP contribution in [0.25, 0.3) is 10.8 Å². The maximum atomic E-state index is 5.88. The third kappa shape index (κ3) is 6.03. The van der Waals surface area contributed by atoms with Crippen LogP contribution in [0.5, 0.6) is 11.6 Å². The Morgan fingerprint density at radius 2 is 1.82 bits per heavy atom. The summed E-state index contributed by atoms with van der Waals surface area (Å²) < 4.78 is 11.4. The van der Waals surface area contributed by atoms with E-state index in [2.05, 4.69) is 37.1 Å². The number of nitrogens with zero attached hydrogens (tertiary/aromatic N) is 4. The van der Waals surface area contributed by atoms with E-state index >= 15 is 0 Å². The molecule has 9 heteroatoms. The molecule has 0 spiro atoms. The number of ether oxygens (including phenoxy) is 2. The van der Waals surface area contributed by atoms with Gasteiger partial charge in [-0.2, -0.15) is 0 Å². The molecule has 8 nitrogen and oxygen atoms in total. The number of nitrogens with two attached hydrogens (primary N) is 1. The Morgan fingerprint density at radius 1 is 0.971 bits per heavy atom. The standard InChI is InChI=1S/C25H23ClN6O2/c1-28-25-21-16-30-23(27)14-20(21)17(15-31-25)7-8-18-13-19(9-10-29-18)33-11-2-3-12-34-24-6-4-5-22(26)32-24/h4-6,9-10,13-16H,2-3,11-12H2,1H3,(H2,27,30)(H,28,31). The molecule has 4 aromatic heterocycles. The van der Waals surface area contributed by atoms with Gasteiger partial charge in [0.2, 0.25) is 5.88 Å². The zero-order valence-electron chi connectivity index (χ0n) is 18.6. The van der Waals surface area contributed by atoms with Gasteiger partial charge in [-0.25, -0.2) is 19.9 Å². The van der Waals surface area contributed by atoms with Crippen molar-refractivity contribution in [1.82, 2.24) is 19.9 Å². The molecule has 0 saturated heterocycles. The van der Waals surface area contributed by atoms with Gasteiger partial charge in [0, 0.05) is 48.5 Å². The van der Waals surface area contributed by atoms with Gasteiger partial charge in [0.25, 0.3) is 0 Å². The Kier molecular flexibility index (Phi) is 7.58. The first-order valence-electron chi connectivity index (χ1n) is 10.7. The van der Waals surface area contributed by atoms with E-state index in [9.17, 15) is 0 Å². The Morgan fingerprint density at radius 3 is 2.65 bits per heavy atom. The van der Waals surface area contributed by atoms with Crippen LogP contribution in [0.1, 0.15) is 24.1 Å². The molecule has 4 rings (SSSR count). The number of nitrogens with one attached hydrogen (secondary N) is 1. The summed E-state index contributed by atoms with van der Waals surface area (Å²) in [5, 5.41) is 5.20. The number of nitrogen functional groups attached to an aromatic ring is 1. The minimum Gasteiger partial charge on any atom is -0.493 e. The zero-order chi connectivity index (χ0) is 23.8. The van der Waals surface area contributed by atoms with Crippen LogP contribution < -0.4 is 20.5 Å². The quantitative estimate of drug-likeness (QED) is 0.220. The van der Waals surface area contributed by atoms with Gasteiger partial charge >= 0.3 is 0 Å². The van der Waals surface area contributed by atoms with Crippen molar-refractivity contribution in [3.63, 3.8) is 0 Å². The number of anilines is 2. The number of pyridine rings is 4.